The molecule has 0 aliphatic heterocycles. The second kappa shape index (κ2) is 8.71. The highest BCUT2D eigenvalue weighted by Gasteiger charge is 2.62. The highest BCUT2D eigenvalue weighted by Crippen LogP contribution is 2.40. The lowest BCUT2D eigenvalue weighted by Crippen LogP contribution is -2.61. The molecule has 0 aliphatic carbocycles. The number of hydrogen-bond donors (Lipinski definition) is 1. The number of carbonyl (C=O) groups is 1. The molecule has 0 bridgehead atoms. The van der Waals surface area contributed by atoms with Gasteiger partial charge in [-0.3, -0.25) is 0 Å². The highest BCUT2D eigenvalue weighted by atomic mass is 79.9. The molecule has 0 saturated heterocycles. The third-order valence-electron chi connectivity index (χ3n) is 4.25. The zero-order valence-corrected chi connectivity index (χ0v) is 19.2. The molecule has 1 aromatic heterocycles. The molecule has 0 radical (unpaired) electrons. The molecule has 1 aromatic carbocycles. The van der Waals surface area contributed by atoms with Crippen LogP contribution in [0.15, 0.2) is 41.1 Å². The fourth-order valence-electron chi connectivity index (χ4n) is 2.41. The van der Waals surface area contributed by atoms with Crippen LogP contribution in [0.1, 0.15) is 40.2 Å². The van der Waals surface area contributed by atoms with E-state index in [-0.39, 0.29) is 12.2 Å². The molecule has 0 fully saturated rings. The number of esters is 1. The first-order chi connectivity index (χ1) is 13.3. The van der Waals surface area contributed by atoms with E-state index in [9.17, 15) is 9.35 Å². The van der Waals surface area contributed by atoms with Gasteiger partial charge in [-0.2, -0.15) is 13.9 Å². The van der Waals surface area contributed by atoms with Crippen LogP contribution in [0.25, 0.3) is 5.69 Å². The van der Waals surface area contributed by atoms with E-state index < -0.39 is 33.5 Å². The number of rotatable bonds is 7. The fourth-order valence-corrected chi connectivity index (χ4v) is 3.72. The van der Waals surface area contributed by atoms with Crippen molar-refractivity contribution in [1.82, 2.24) is 14.5 Å². The summed E-state index contributed by atoms with van der Waals surface area (Å²) >= 11 is 1.46. The van der Waals surface area contributed by atoms with Gasteiger partial charge in [-0.25, -0.2) is 9.48 Å². The molecule has 0 saturated carbocycles. The molecule has 6 nitrogen and oxygen atoms in total. The van der Waals surface area contributed by atoms with Crippen LogP contribution < -0.4 is 4.72 Å². The lowest BCUT2D eigenvalue weighted by atomic mass is 9.88. The van der Waals surface area contributed by atoms with Crippen molar-refractivity contribution in [1.29, 1.82) is 0 Å². The summed E-state index contributed by atoms with van der Waals surface area (Å²) in [6, 6.07) is 7.11. The lowest BCUT2D eigenvalue weighted by Gasteiger charge is -2.37. The minimum absolute atomic E-state index is 0.00636. The molecule has 2 atom stereocenters. The van der Waals surface area contributed by atoms with E-state index in [2.05, 4.69) is 30.5 Å². The molecule has 2 aromatic rings. The normalized spacial score (nSPS) is 15.6. The SMILES string of the molecule is CCOC(=O)C(F)(F)[C@](C)(N[S+]([O-])C(C)(C)C)c1cnn(-c2cccc(Br)c2)c1. The molecule has 0 amide bonds. The Morgan fingerprint density at radius 2 is 2.00 bits per heavy atom. The smallest absolute Gasteiger partial charge is 0.379 e. The molecule has 1 N–H and O–H groups in total. The number of nitrogens with zero attached hydrogens (tertiary/aromatic N) is 2. The molecule has 0 aliphatic rings. The minimum Gasteiger partial charge on any atom is -0.598 e. The molecular formula is C19H24BrF2N3O3S. The van der Waals surface area contributed by atoms with Crippen LogP contribution in [0.5, 0.6) is 0 Å². The van der Waals surface area contributed by atoms with Crippen molar-refractivity contribution in [3.63, 3.8) is 0 Å². The van der Waals surface area contributed by atoms with Crippen LogP contribution in [-0.4, -0.2) is 37.6 Å². The van der Waals surface area contributed by atoms with Crippen LogP contribution in [0.3, 0.4) is 0 Å². The van der Waals surface area contributed by atoms with Gasteiger partial charge in [-0.05, 0) is 52.8 Å². The number of nitrogens with one attached hydrogen (secondary N) is 1. The van der Waals surface area contributed by atoms with Gasteiger partial charge in [0.25, 0.3) is 0 Å². The number of ether oxygens (including phenoxy) is 1. The molecule has 1 unspecified atom stereocenters. The predicted octanol–water partition coefficient (Wildman–Crippen LogP) is 4.10. The fraction of sp³-hybridized carbons (Fsp3) is 0.474. The van der Waals surface area contributed by atoms with Gasteiger partial charge in [0, 0.05) is 27.6 Å². The first-order valence-corrected chi connectivity index (χ1v) is 10.8. The average Bonchev–Trinajstić information content (AvgIpc) is 3.11. The number of aromatic nitrogens is 2. The van der Waals surface area contributed by atoms with Gasteiger partial charge in [0.1, 0.15) is 4.75 Å². The molecule has 10 heteroatoms. The van der Waals surface area contributed by atoms with Gasteiger partial charge >= 0.3 is 11.9 Å². The number of hydrogen-bond acceptors (Lipinski definition) is 5. The topological polar surface area (TPSA) is 79.2 Å². The van der Waals surface area contributed by atoms with E-state index in [4.69, 9.17) is 0 Å². The van der Waals surface area contributed by atoms with Gasteiger partial charge in [0.2, 0.25) is 0 Å². The van der Waals surface area contributed by atoms with E-state index in [1.54, 1.807) is 39.0 Å². The average molecular weight is 492 g/mol. The van der Waals surface area contributed by atoms with Crippen LogP contribution in [0.4, 0.5) is 8.78 Å². The summed E-state index contributed by atoms with van der Waals surface area (Å²) < 4.78 is 51.6. The van der Waals surface area contributed by atoms with Gasteiger partial charge in [0.05, 0.1) is 18.5 Å². The number of carbonyl (C=O) groups excluding carboxylic acids is 1. The van der Waals surface area contributed by atoms with E-state index in [1.807, 2.05) is 6.07 Å². The Bertz CT molecular complexity index is 872. The Balaban J connectivity index is 2.54. The molecular weight excluding hydrogens is 468 g/mol. The summed E-state index contributed by atoms with van der Waals surface area (Å²) in [5.74, 6) is -5.70. The summed E-state index contributed by atoms with van der Waals surface area (Å²) in [4.78, 5) is 12.1. The Hall–Kier alpha value is -1.49. The second-order valence-electron chi connectivity index (χ2n) is 7.56. The van der Waals surface area contributed by atoms with Crippen LogP contribution in [-0.2, 0) is 26.4 Å². The molecule has 160 valence electrons. The first-order valence-electron chi connectivity index (χ1n) is 8.88. The summed E-state index contributed by atoms with van der Waals surface area (Å²) in [6.45, 7) is 7.29. The monoisotopic (exact) mass is 491 g/mol. The van der Waals surface area contributed by atoms with Crippen molar-refractivity contribution < 1.29 is 22.9 Å². The number of alkyl halides is 2. The van der Waals surface area contributed by atoms with Gasteiger partial charge in [0.15, 0.2) is 5.54 Å². The molecule has 1 heterocycles. The Morgan fingerprint density at radius 3 is 2.55 bits per heavy atom. The summed E-state index contributed by atoms with van der Waals surface area (Å²) in [5.41, 5.74) is -1.70. The summed E-state index contributed by atoms with van der Waals surface area (Å²) in [5, 5.41) is 4.15. The molecule has 0 spiro atoms. The van der Waals surface area contributed by atoms with Gasteiger partial charge in [-0.15, -0.1) is 4.72 Å². The largest absolute Gasteiger partial charge is 0.598 e. The number of halogens is 3. The number of benzene rings is 1. The zero-order valence-electron chi connectivity index (χ0n) is 16.8. The minimum atomic E-state index is -4.00. The van der Waals surface area contributed by atoms with Crippen LogP contribution in [0.2, 0.25) is 0 Å². The van der Waals surface area contributed by atoms with Crippen molar-refractivity contribution in [3.05, 3.63) is 46.7 Å². The standard InChI is InChI=1S/C19H24BrF2N3O3S/c1-6-28-16(26)19(21,22)18(5,24-29(27)17(2,3)4)13-11-23-25(12-13)15-9-7-8-14(20)10-15/h7-12,24H,6H2,1-5H3/t18-,29?/m1/s1. The van der Waals surface area contributed by atoms with Gasteiger partial charge in [-0.1, -0.05) is 22.0 Å². The maximum Gasteiger partial charge on any atom is 0.379 e. The maximum absolute atomic E-state index is 15.2. The van der Waals surface area contributed by atoms with Crippen molar-refractivity contribution in [2.75, 3.05) is 6.61 Å². The quantitative estimate of drug-likeness (QED) is 0.465. The highest BCUT2D eigenvalue weighted by molar-refractivity contribution is 9.10. The van der Waals surface area contributed by atoms with Gasteiger partial charge < -0.3 is 9.29 Å². The molecule has 2 rings (SSSR count). The van der Waals surface area contributed by atoms with E-state index in [0.717, 1.165) is 11.4 Å². The third kappa shape index (κ3) is 4.99. The summed E-state index contributed by atoms with van der Waals surface area (Å²) in [7, 11) is 0. The van der Waals surface area contributed by atoms with Crippen molar-refractivity contribution in [2.24, 2.45) is 0 Å². The maximum atomic E-state index is 15.2. The Morgan fingerprint density at radius 1 is 1.34 bits per heavy atom. The van der Waals surface area contributed by atoms with Crippen molar-refractivity contribution in [2.45, 2.75) is 50.8 Å². The third-order valence-corrected chi connectivity index (χ3v) is 6.44. The Labute approximate surface area is 180 Å². The summed E-state index contributed by atoms with van der Waals surface area (Å²) in [6.07, 6.45) is 2.60. The second-order valence-corrected chi connectivity index (χ2v) is 10.4. The first kappa shape index (κ1) is 23.8. The predicted molar refractivity (Wildman–Crippen MR) is 111 cm³/mol. The van der Waals surface area contributed by atoms with E-state index in [1.165, 1.54) is 24.0 Å². The lowest BCUT2D eigenvalue weighted by molar-refractivity contribution is -0.183. The van der Waals surface area contributed by atoms with Crippen LogP contribution >= 0.6 is 15.9 Å². The Kier molecular flexibility index (Phi) is 7.14. The zero-order chi connectivity index (χ0) is 22.0. The van der Waals surface area contributed by atoms with Crippen LogP contribution in [0, 0.1) is 0 Å². The van der Waals surface area contributed by atoms with Crippen molar-refractivity contribution >= 4 is 33.3 Å². The molecule has 29 heavy (non-hydrogen) atoms. The van der Waals surface area contributed by atoms with Crippen molar-refractivity contribution in [3.8, 4) is 5.69 Å². The van der Waals surface area contributed by atoms with E-state index in [0.29, 0.717) is 5.69 Å². The van der Waals surface area contributed by atoms with E-state index >= 15 is 8.78 Å².